The third kappa shape index (κ3) is 37.9. The summed E-state index contributed by atoms with van der Waals surface area (Å²) in [5, 5.41) is 94.8. The van der Waals surface area contributed by atoms with Crippen LogP contribution in [0, 0.1) is 72.1 Å². The van der Waals surface area contributed by atoms with Gasteiger partial charge in [0, 0.05) is 128 Å². The lowest BCUT2D eigenvalue weighted by atomic mass is 10.2. The van der Waals surface area contributed by atoms with E-state index in [0.29, 0.717) is 118 Å². The third-order valence-electron chi connectivity index (χ3n) is 16.0. The number of hydrazone groups is 5. The molecule has 59 heteroatoms. The third-order valence-corrected chi connectivity index (χ3v) is 19.3. The number of thiazole rings is 2. The Labute approximate surface area is 755 Å². The number of rotatable bonds is 23. The Balaban J connectivity index is 0.000000226. The molecule has 0 amide bonds. The molecule has 125 heavy (non-hydrogen) atoms. The molecule has 3 N–H and O–H groups in total. The molecule has 5 aliphatic rings. The fourth-order valence-electron chi connectivity index (χ4n) is 10.6. The fraction of sp³-hybridized carbons (Fsp3) is 0.394. The van der Waals surface area contributed by atoms with Gasteiger partial charge in [-0.1, -0.05) is 112 Å². The summed E-state index contributed by atoms with van der Waals surface area (Å²) < 4.78 is 21.7. The molecule has 0 saturated carbocycles. The second-order valence-electron chi connectivity index (χ2n) is 25.5. The number of nitro groups is 6. The van der Waals surface area contributed by atoms with Crippen LogP contribution in [0.5, 0.6) is 0 Å². The SMILES string of the molecule is CC(=NC#N)N(C)Cc1ccc(Cl)nc1.CCN(Cc1ccc(Cl)nc1)/C(=C/[N+](=O)[O-])NC.CN1CN(C)/C(=N\[N+](=O)[O-])N(Cc2ccc(Cl)nc2)C1.CN1COCN(Cc2ccc(Cl)nc2)/C1=N/[N+](=O)[O-].CN1COCN(Cc2cnc(Cl)s2)/C1=N/[N+](=O)[O-].O=[N+]([O-])/N=C1\NCOCN1Cc1ccc(Cl)nc1.O=[N+]([O-])/N=C1\NCOCN1Cc1cnc(Cl)s1. The molecule has 7 aromatic heterocycles. The minimum Gasteiger partial charge on any atom is -0.370 e. The highest BCUT2D eigenvalue weighted by Gasteiger charge is 2.30. The van der Waals surface area contributed by atoms with Crippen LogP contribution in [0.25, 0.3) is 0 Å². The summed E-state index contributed by atoms with van der Waals surface area (Å²) in [6, 6.07) is 17.6. The van der Waals surface area contributed by atoms with Crippen molar-refractivity contribution in [3.05, 3.63) is 249 Å². The van der Waals surface area contributed by atoms with Gasteiger partial charge in [-0.2, -0.15) is 10.3 Å². The summed E-state index contributed by atoms with van der Waals surface area (Å²) in [5.74, 6) is 2.32. The summed E-state index contributed by atoms with van der Waals surface area (Å²) in [4.78, 5) is 114. The van der Waals surface area contributed by atoms with Crippen LogP contribution >= 0.6 is 104 Å². The number of halogens is 7. The maximum atomic E-state index is 10.7. The molecule has 672 valence electrons. The van der Waals surface area contributed by atoms with Gasteiger partial charge in [0.05, 0.1) is 31.4 Å². The zero-order chi connectivity index (χ0) is 91.7. The standard InChI is InChI=1S/C11H15ClN6O2.C11H15ClN4O2.C10H12ClN5O3.C10H11ClN4.C9H10ClN5O3.C8H10ClN5O3S.C7H8ClN5O3S/c1-15-7-16(2)11(14-18(19)20)17(8-15)6-9-3-4-10(12)13-5-9;1-3-15(11(13-2)8-16(17)18)7-9-4-5-10(12)14-6-9;1-14-6-19-7-15(10(14)13-16(17)18)5-8-2-3-9(11)12-4-8;1-8(14-7-12)15(2)6-9-3-4-10(11)13-5-9;10-8-2-1-7(3-11-8)4-14-6-18-5-12-9(14)13-15(16)17;1-12-4-17-5-13(8(12)11-14(15)16)3-6-2-10-7(9)18-6;8-6-9-1-5(17-6)2-12-4-16-3-10-7(12)11-13(14)15/h3-5H,6-8H2,1-2H3;4-6,8,13H,3,7H2,1-2H3;2-4H,5-7H2,1H3;3-5H,6H2,1-2H3;1-3H,4-6H2,(H,12,13);2H,3-5H2,1H3;1H,2-4H2,(H,10,11)/b14-11+;11-8+;13-10+;;;11-8+;. The van der Waals surface area contributed by atoms with Crippen LogP contribution in [0.3, 0.4) is 0 Å². The van der Waals surface area contributed by atoms with Crippen molar-refractivity contribution in [2.45, 2.75) is 59.7 Å². The highest BCUT2D eigenvalue weighted by molar-refractivity contribution is 7.16. The van der Waals surface area contributed by atoms with Gasteiger partial charge in [0.1, 0.15) is 111 Å². The number of nitrogens with zero attached hydrogens (tertiary/aromatic N) is 31. The number of aliphatic imine (C=N–C) groups is 1. The molecule has 0 bridgehead atoms. The number of guanidine groups is 5. The van der Waals surface area contributed by atoms with Gasteiger partial charge >= 0.3 is 0 Å². The van der Waals surface area contributed by atoms with Crippen LogP contribution in [0.2, 0.25) is 34.7 Å². The second-order valence-corrected chi connectivity index (χ2v) is 30.8. The van der Waals surface area contributed by atoms with E-state index in [-0.39, 0.29) is 77.7 Å². The molecule has 0 atom stereocenters. The van der Waals surface area contributed by atoms with E-state index in [0.717, 1.165) is 43.8 Å². The first-order valence-corrected chi connectivity index (χ1v) is 40.0. The average Bonchev–Trinajstić information content (AvgIpc) is 1.58. The molecular formula is C66H81Cl7N34O16S2. The smallest absolute Gasteiger partial charge is 0.277 e. The molecule has 0 spiro atoms. The van der Waals surface area contributed by atoms with Crippen LogP contribution in [0.1, 0.15) is 51.4 Å². The van der Waals surface area contributed by atoms with Crippen LogP contribution in [-0.4, -0.2) is 271 Å². The highest BCUT2D eigenvalue weighted by atomic mass is 35.5. The topological polar surface area (TPSA) is 556 Å². The van der Waals surface area contributed by atoms with Crippen LogP contribution in [0.4, 0.5) is 0 Å². The predicted octanol–water partition coefficient (Wildman–Crippen LogP) is 8.08. The first-order chi connectivity index (χ1) is 59.6. The Morgan fingerprint density at radius 1 is 0.496 bits per heavy atom. The number of pyridine rings is 5. The van der Waals surface area contributed by atoms with Crippen molar-refractivity contribution in [2.24, 2.45) is 30.5 Å². The van der Waals surface area contributed by atoms with Crippen molar-refractivity contribution in [2.75, 3.05) is 116 Å². The van der Waals surface area contributed by atoms with E-state index in [4.69, 9.17) is 105 Å². The Kier molecular flexibility index (Phi) is 43.2. The number of nitrogens with one attached hydrogen (secondary N) is 3. The minimum atomic E-state index is -0.750. The molecule has 50 nitrogen and oxygen atoms in total. The number of hydrogen-bond acceptors (Lipinski definition) is 30. The van der Waals surface area contributed by atoms with Gasteiger partial charge < -0.3 is 83.9 Å². The monoisotopic (exact) mass is 1910 g/mol. The van der Waals surface area contributed by atoms with E-state index in [1.807, 2.05) is 58.8 Å². The normalized spacial score (nSPS) is 16.3. The lowest BCUT2D eigenvalue weighted by molar-refractivity contribution is -0.486. The van der Waals surface area contributed by atoms with Gasteiger partial charge in [-0.3, -0.25) is 15.0 Å². The van der Waals surface area contributed by atoms with E-state index in [1.54, 1.807) is 161 Å². The Morgan fingerprint density at radius 2 is 0.856 bits per heavy atom. The number of nitriles is 1. The van der Waals surface area contributed by atoms with E-state index in [1.165, 1.54) is 22.7 Å². The van der Waals surface area contributed by atoms with E-state index in [9.17, 15) is 60.7 Å². The van der Waals surface area contributed by atoms with Gasteiger partial charge in [-0.25, -0.2) is 85.5 Å². The Morgan fingerprint density at radius 3 is 1.22 bits per heavy atom. The summed E-state index contributed by atoms with van der Waals surface area (Å²) in [6.45, 7) is 10.6. The first-order valence-electron chi connectivity index (χ1n) is 35.7. The van der Waals surface area contributed by atoms with Gasteiger partial charge in [0.15, 0.2) is 39.9 Å². The second kappa shape index (κ2) is 53.2. The summed E-state index contributed by atoms with van der Waals surface area (Å²) in [7, 11) is 10.6. The fourth-order valence-corrected chi connectivity index (χ4v) is 13.2. The highest BCUT2D eigenvalue weighted by Crippen LogP contribution is 2.24. The maximum Gasteiger partial charge on any atom is 0.277 e. The predicted molar refractivity (Wildman–Crippen MR) is 461 cm³/mol. The molecule has 5 aliphatic heterocycles. The maximum absolute atomic E-state index is 10.7. The van der Waals surface area contributed by atoms with Crippen LogP contribution in [-0.2, 0) is 64.8 Å². The molecule has 0 radical (unpaired) electrons. The molecule has 5 fully saturated rings. The molecule has 12 rings (SSSR count). The van der Waals surface area contributed by atoms with Crippen LogP contribution in [0.15, 0.2) is 147 Å². The van der Waals surface area contributed by atoms with Crippen molar-refractivity contribution in [3.63, 3.8) is 0 Å². The van der Waals surface area contributed by atoms with Crippen molar-refractivity contribution < 1.29 is 49.0 Å². The van der Waals surface area contributed by atoms with E-state index < -0.39 is 30.1 Å². The van der Waals surface area contributed by atoms with Crippen molar-refractivity contribution >= 4 is 140 Å². The lowest BCUT2D eigenvalue weighted by Gasteiger charge is -2.40. The van der Waals surface area contributed by atoms with Gasteiger partial charge in [0.25, 0.3) is 36.0 Å². The van der Waals surface area contributed by atoms with Crippen LogP contribution < -0.4 is 16.0 Å². The van der Waals surface area contributed by atoms with Crippen molar-refractivity contribution in [1.82, 2.24) is 105 Å². The molecular weight excluding hydrogens is 1840 g/mol. The van der Waals surface area contributed by atoms with Crippen molar-refractivity contribution in [1.29, 1.82) is 5.26 Å². The molecule has 0 aromatic carbocycles. The molecule has 12 heterocycles. The summed E-state index contributed by atoms with van der Waals surface area (Å²) >= 11 is 42.6. The quantitative estimate of drug-likeness (QED) is 0.0136. The van der Waals surface area contributed by atoms with Gasteiger partial charge in [-0.15, -0.1) is 22.7 Å². The number of amidine groups is 1. The number of ether oxygens (including phenoxy) is 4. The first kappa shape index (κ1) is 102. The summed E-state index contributed by atoms with van der Waals surface area (Å²) in [6.07, 6.45) is 14.2. The van der Waals surface area contributed by atoms with E-state index in [2.05, 4.69) is 81.3 Å². The van der Waals surface area contributed by atoms with Crippen molar-refractivity contribution in [3.8, 4) is 6.19 Å². The number of hydrogen-bond donors (Lipinski definition) is 3. The average molecular weight is 1920 g/mol. The largest absolute Gasteiger partial charge is 0.370 e. The molecule has 0 unspecified atom stereocenters. The van der Waals surface area contributed by atoms with Gasteiger partial charge in [-0.05, 0) is 79.0 Å². The molecule has 7 aromatic rings. The molecule has 0 aliphatic carbocycles. The summed E-state index contributed by atoms with van der Waals surface area (Å²) in [5.41, 5.74) is 4.58. The Hall–Kier alpha value is -12.1. The lowest BCUT2D eigenvalue weighted by Crippen LogP contribution is -2.56. The minimum absolute atomic E-state index is 0.168. The zero-order valence-electron chi connectivity index (χ0n) is 67.5. The zero-order valence-corrected chi connectivity index (χ0v) is 74.4. The number of aromatic nitrogens is 7. The Bertz CT molecular complexity index is 4870. The van der Waals surface area contributed by atoms with Gasteiger partial charge in [0.2, 0.25) is 6.19 Å². The molecule has 5 saturated heterocycles. The van der Waals surface area contributed by atoms with E-state index >= 15 is 0 Å².